The highest BCUT2D eigenvalue weighted by Crippen LogP contribution is 2.33. The summed E-state index contributed by atoms with van der Waals surface area (Å²) in [5, 5.41) is 12.3. The normalized spacial score (nSPS) is 16.1. The summed E-state index contributed by atoms with van der Waals surface area (Å²) in [6.45, 7) is 20.5. The molecule has 10 heteroatoms. The number of aliphatic hydroxyl groups is 1. The molecule has 4 aliphatic rings. The molecule has 2 saturated heterocycles. The minimum Gasteiger partial charge on any atom is -1.00 e. The first-order valence-electron chi connectivity index (χ1n) is 21.6. The topological polar surface area (TPSA) is 45.2 Å². The molecular weight excluding hydrogens is 873 g/mol. The number of nitrogens with zero attached hydrogens (tertiary/aromatic N) is 3. The van der Waals surface area contributed by atoms with Crippen LogP contribution in [0.1, 0.15) is 60.8 Å². The number of thiophene rings is 1. The molecule has 0 radical (unpaired) electrons. The highest BCUT2D eigenvalue weighted by molar-refractivity contribution is 7.17. The van der Waals surface area contributed by atoms with Crippen LogP contribution in [-0.4, -0.2) is 105 Å². The smallest absolute Gasteiger partial charge is 0.119 e. The molecule has 6 nitrogen and oxygen atoms in total. The Kier molecular flexibility index (Phi) is 20.1. The molecule has 8 rings (SSSR count). The number of unbranched alkanes of at least 4 members (excludes halogenated alkanes) is 2. The zero-order valence-corrected chi connectivity index (χ0v) is 39.2. The Morgan fingerprint density at radius 2 is 1.28 bits per heavy atom. The Morgan fingerprint density at radius 1 is 0.700 bits per heavy atom. The second-order valence-electron chi connectivity index (χ2n) is 16.2. The lowest BCUT2D eigenvalue weighted by molar-refractivity contribution is -0.917. The van der Waals surface area contributed by atoms with Gasteiger partial charge in [0.15, 0.2) is 0 Å². The summed E-state index contributed by atoms with van der Waals surface area (Å²) >= 11 is 13.5. The molecule has 3 heterocycles. The first-order chi connectivity index (χ1) is 28.9. The first kappa shape index (κ1) is 48.0. The number of piperazine rings is 1. The Labute approximate surface area is 384 Å². The van der Waals surface area contributed by atoms with E-state index in [1.807, 2.05) is 23.5 Å². The van der Waals surface area contributed by atoms with Gasteiger partial charge in [-0.3, -0.25) is 0 Å². The van der Waals surface area contributed by atoms with Crippen LogP contribution >= 0.6 is 34.5 Å². The predicted molar refractivity (Wildman–Crippen MR) is 254 cm³/mol. The zero-order valence-electron chi connectivity index (χ0n) is 35.3. The van der Waals surface area contributed by atoms with E-state index in [0.29, 0.717) is 18.4 Å². The number of anilines is 1. The molecule has 60 heavy (non-hydrogen) atoms. The number of hydrogen-bond donors (Lipinski definition) is 1. The van der Waals surface area contributed by atoms with Crippen molar-refractivity contribution in [2.75, 3.05) is 95.4 Å². The molecule has 324 valence electrons. The molecule has 0 amide bonds. The van der Waals surface area contributed by atoms with Gasteiger partial charge >= 0.3 is 0 Å². The van der Waals surface area contributed by atoms with E-state index in [1.165, 1.54) is 94.6 Å². The summed E-state index contributed by atoms with van der Waals surface area (Å²) in [7, 11) is 0. The van der Waals surface area contributed by atoms with Gasteiger partial charge in [0.2, 0.25) is 0 Å². The van der Waals surface area contributed by atoms with Crippen molar-refractivity contribution in [1.29, 1.82) is 0 Å². The summed E-state index contributed by atoms with van der Waals surface area (Å²) in [5.41, 5.74) is 8.82. The first-order valence-corrected chi connectivity index (χ1v) is 23.6. The number of aliphatic hydroxyl groups excluding tert-OH is 1. The van der Waals surface area contributed by atoms with E-state index in [2.05, 4.69) is 101 Å². The lowest BCUT2D eigenvalue weighted by atomic mass is 9.94. The van der Waals surface area contributed by atoms with Crippen molar-refractivity contribution in [2.45, 2.75) is 51.4 Å². The molecule has 0 bridgehead atoms. The summed E-state index contributed by atoms with van der Waals surface area (Å²) in [4.78, 5) is 4.91. The molecule has 0 saturated carbocycles. The van der Waals surface area contributed by atoms with Crippen LogP contribution in [0, 0.1) is 0 Å². The molecule has 0 unspecified atom stereocenters. The van der Waals surface area contributed by atoms with Gasteiger partial charge in [-0.1, -0.05) is 66.8 Å². The van der Waals surface area contributed by atoms with Gasteiger partial charge in [0, 0.05) is 60.1 Å². The van der Waals surface area contributed by atoms with Crippen molar-refractivity contribution in [3.63, 3.8) is 0 Å². The van der Waals surface area contributed by atoms with E-state index in [1.54, 1.807) is 0 Å². The van der Waals surface area contributed by atoms with E-state index in [0.717, 1.165) is 87.4 Å². The fraction of sp³-hybridized carbons (Fsp3) is 0.440. The Hall–Kier alpha value is -3.08. The van der Waals surface area contributed by atoms with E-state index in [4.69, 9.17) is 37.8 Å². The van der Waals surface area contributed by atoms with E-state index < -0.39 is 0 Å². The number of fused-ring (bicyclic) bond motifs is 3. The molecule has 0 atom stereocenters. The molecular formula is C50H64BrCl2N3O3S. The number of halogens is 3. The molecule has 2 fully saturated rings. The Morgan fingerprint density at radius 3 is 1.85 bits per heavy atom. The minimum atomic E-state index is 0. The molecule has 3 aromatic carbocycles. The maximum atomic E-state index is 8.68. The lowest BCUT2D eigenvalue weighted by Gasteiger charge is -2.43. The zero-order chi connectivity index (χ0) is 41.3. The van der Waals surface area contributed by atoms with Crippen LogP contribution in [-0.2, 0) is 12.8 Å². The summed E-state index contributed by atoms with van der Waals surface area (Å²) in [6.07, 6.45) is 16.9. The van der Waals surface area contributed by atoms with Crippen LogP contribution < -0.4 is 31.4 Å². The SMILES string of the molecule is C=C1C=Cc2ccc(OCCCCN(CCCl)CCCl)cc2C1.C=C1C=Cc2ccc(OCCCCO)cc2C1.[Br-].c1cc(N2CC[N+]3(CCCC3)CC2)c2ccsc2c1. The van der Waals surface area contributed by atoms with Gasteiger partial charge in [0.05, 0.1) is 52.5 Å². The number of hydrogen-bond acceptors (Lipinski definition) is 6. The third-order valence-electron chi connectivity index (χ3n) is 11.8. The van der Waals surface area contributed by atoms with Crippen molar-refractivity contribution in [3.8, 4) is 11.5 Å². The van der Waals surface area contributed by atoms with Gasteiger partial charge in [0.1, 0.15) is 11.5 Å². The van der Waals surface area contributed by atoms with Gasteiger partial charge < -0.3 is 45.8 Å². The van der Waals surface area contributed by atoms with Crippen LogP contribution in [0.2, 0.25) is 0 Å². The van der Waals surface area contributed by atoms with Crippen LogP contribution in [0.25, 0.3) is 22.2 Å². The standard InChI is InChI=1S/C19H25Cl2NO.C16H21N2S.C15H18O2.BrH/c1-16-4-5-17-6-7-19(15-18(17)14-16)23-13-3-2-10-22(11-8-20)12-9-21;1-2-10-18(9-1)11-7-17(8-12-18)15-4-3-5-16-14(15)6-13-19-16;1-12-4-5-13-6-7-15(11-14(13)10-12)17-9-3-2-8-16;/h4-7,15H,1-3,8-14H2;3-6,13H,1-2,7-12H2;4-7,11,16H,1-3,8-10H2;1H/q;+1;;/p-1. The van der Waals surface area contributed by atoms with E-state index in [-0.39, 0.29) is 23.6 Å². The average Bonchev–Trinajstić information content (AvgIpc) is 3.93. The third kappa shape index (κ3) is 14.2. The van der Waals surface area contributed by atoms with Gasteiger partial charge in [-0.2, -0.15) is 0 Å². The fourth-order valence-corrected chi connectivity index (χ4v) is 9.73. The lowest BCUT2D eigenvalue weighted by Crippen LogP contribution is -3.00. The fourth-order valence-electron chi connectivity index (χ4n) is 8.44. The monoisotopic (exact) mass is 935 g/mol. The van der Waals surface area contributed by atoms with Gasteiger partial charge in [-0.25, -0.2) is 0 Å². The predicted octanol–water partition coefficient (Wildman–Crippen LogP) is 8.05. The number of ether oxygens (including phenoxy) is 2. The number of allylic oxidation sites excluding steroid dienone is 4. The van der Waals surface area contributed by atoms with Crippen LogP contribution in [0.5, 0.6) is 11.5 Å². The highest BCUT2D eigenvalue weighted by Gasteiger charge is 2.36. The summed E-state index contributed by atoms with van der Waals surface area (Å²) in [6, 6.07) is 21.5. The van der Waals surface area contributed by atoms with Gasteiger partial charge in [-0.05, 0) is 115 Å². The van der Waals surface area contributed by atoms with Crippen molar-refractivity contribution < 1.29 is 36.0 Å². The van der Waals surface area contributed by atoms with Crippen molar-refractivity contribution >= 4 is 62.5 Å². The van der Waals surface area contributed by atoms with Crippen LogP contribution in [0.15, 0.2) is 102 Å². The minimum absolute atomic E-state index is 0. The van der Waals surface area contributed by atoms with Gasteiger partial charge in [0.25, 0.3) is 0 Å². The number of rotatable bonds is 16. The maximum absolute atomic E-state index is 8.68. The second-order valence-corrected chi connectivity index (χ2v) is 17.9. The van der Waals surface area contributed by atoms with E-state index in [9.17, 15) is 0 Å². The average molecular weight is 938 g/mol. The Balaban J connectivity index is 0.000000171. The molecule has 2 aliphatic carbocycles. The highest BCUT2D eigenvalue weighted by atomic mass is 79.9. The van der Waals surface area contributed by atoms with Crippen molar-refractivity contribution in [2.24, 2.45) is 0 Å². The second kappa shape index (κ2) is 25.1. The third-order valence-corrected chi connectivity index (χ3v) is 13.1. The van der Waals surface area contributed by atoms with E-state index >= 15 is 0 Å². The summed E-state index contributed by atoms with van der Waals surface area (Å²) < 4.78 is 14.4. The molecule has 1 spiro atoms. The number of benzene rings is 3. The molecule has 1 N–H and O–H groups in total. The molecule has 1 aromatic heterocycles. The van der Waals surface area contributed by atoms with Crippen molar-refractivity contribution in [3.05, 3.63) is 125 Å². The van der Waals surface area contributed by atoms with Crippen LogP contribution in [0.4, 0.5) is 5.69 Å². The molecule has 4 aromatic rings. The quantitative estimate of drug-likeness (QED) is 0.0701. The van der Waals surface area contributed by atoms with Crippen LogP contribution in [0.3, 0.4) is 0 Å². The number of alkyl halides is 2. The molecule has 2 aliphatic heterocycles. The summed E-state index contributed by atoms with van der Waals surface area (Å²) in [5.74, 6) is 3.17. The number of quaternary nitrogens is 1. The van der Waals surface area contributed by atoms with Crippen molar-refractivity contribution in [1.82, 2.24) is 4.90 Å². The Bertz CT molecular complexity index is 2010. The largest absolute Gasteiger partial charge is 1.00 e. The van der Waals surface area contributed by atoms with Gasteiger partial charge in [-0.15, -0.1) is 34.5 Å². The maximum Gasteiger partial charge on any atom is 0.119 e.